The Labute approximate surface area is 124 Å². The van der Waals surface area contributed by atoms with Crippen molar-refractivity contribution in [1.29, 1.82) is 0 Å². The number of rotatable bonds is 4. The van der Waals surface area contributed by atoms with Crippen LogP contribution >= 0.6 is 0 Å². The van der Waals surface area contributed by atoms with E-state index in [-0.39, 0.29) is 17.9 Å². The van der Waals surface area contributed by atoms with Crippen LogP contribution in [0.15, 0.2) is 23.1 Å². The van der Waals surface area contributed by atoms with Crippen molar-refractivity contribution in [3.63, 3.8) is 0 Å². The largest absolute Gasteiger partial charge is 0.480 e. The van der Waals surface area contributed by atoms with Gasteiger partial charge in [0.1, 0.15) is 6.04 Å². The van der Waals surface area contributed by atoms with Crippen LogP contribution in [-0.4, -0.2) is 49.6 Å². The molecule has 21 heavy (non-hydrogen) atoms. The highest BCUT2D eigenvalue weighted by Gasteiger charge is 2.44. The van der Waals surface area contributed by atoms with E-state index in [0.717, 1.165) is 9.87 Å². The fourth-order valence-electron chi connectivity index (χ4n) is 2.54. The Morgan fingerprint density at radius 1 is 1.38 bits per heavy atom. The van der Waals surface area contributed by atoms with Gasteiger partial charge in [-0.1, -0.05) is 12.1 Å². The predicted octanol–water partition coefficient (Wildman–Crippen LogP) is 1.17. The Balaban J connectivity index is 2.47. The van der Waals surface area contributed by atoms with Gasteiger partial charge in [0.05, 0.1) is 11.0 Å². The van der Waals surface area contributed by atoms with Crippen LogP contribution in [0.3, 0.4) is 0 Å². The molecule has 0 bridgehead atoms. The van der Waals surface area contributed by atoms with Crippen LogP contribution in [0.5, 0.6) is 0 Å². The first-order valence-electron chi connectivity index (χ1n) is 6.62. The number of carboxylic acid groups (broad SMARTS) is 1. The maximum absolute atomic E-state index is 12.8. The SMILES string of the molecule is COC1CC(C(=O)O)N(S(=O)(=O)c2cc(C)ccc2C)C1. The van der Waals surface area contributed by atoms with Crippen molar-refractivity contribution in [3.8, 4) is 0 Å². The van der Waals surface area contributed by atoms with E-state index < -0.39 is 28.1 Å². The van der Waals surface area contributed by atoms with Gasteiger partial charge in [-0.3, -0.25) is 4.79 Å². The molecule has 1 heterocycles. The van der Waals surface area contributed by atoms with Crippen molar-refractivity contribution < 1.29 is 23.1 Å². The van der Waals surface area contributed by atoms with Crippen LogP contribution in [0.1, 0.15) is 17.5 Å². The van der Waals surface area contributed by atoms with E-state index >= 15 is 0 Å². The minimum Gasteiger partial charge on any atom is -0.480 e. The summed E-state index contributed by atoms with van der Waals surface area (Å²) >= 11 is 0. The van der Waals surface area contributed by atoms with Gasteiger partial charge in [-0.15, -0.1) is 0 Å². The molecule has 0 aromatic heterocycles. The first kappa shape index (κ1) is 15.9. The molecule has 1 aromatic carbocycles. The summed E-state index contributed by atoms with van der Waals surface area (Å²) in [5.74, 6) is -1.15. The average molecular weight is 313 g/mol. The minimum atomic E-state index is -3.86. The molecule has 0 aliphatic carbocycles. The van der Waals surface area contributed by atoms with Gasteiger partial charge in [0.2, 0.25) is 10.0 Å². The molecule has 2 unspecified atom stereocenters. The van der Waals surface area contributed by atoms with Crippen molar-refractivity contribution in [2.24, 2.45) is 0 Å². The third-order valence-electron chi connectivity index (χ3n) is 3.77. The fraction of sp³-hybridized carbons (Fsp3) is 0.500. The highest BCUT2D eigenvalue weighted by molar-refractivity contribution is 7.89. The summed E-state index contributed by atoms with van der Waals surface area (Å²) in [6.07, 6.45) is -0.235. The van der Waals surface area contributed by atoms with Crippen LogP contribution in [0.2, 0.25) is 0 Å². The van der Waals surface area contributed by atoms with Crippen LogP contribution in [0, 0.1) is 13.8 Å². The van der Waals surface area contributed by atoms with Crippen LogP contribution in [0.4, 0.5) is 0 Å². The van der Waals surface area contributed by atoms with Gasteiger partial charge in [-0.05, 0) is 31.0 Å². The minimum absolute atomic E-state index is 0.0587. The highest BCUT2D eigenvalue weighted by atomic mass is 32.2. The molecular formula is C14H19NO5S. The second-order valence-electron chi connectivity index (χ2n) is 5.29. The van der Waals surface area contributed by atoms with Crippen LogP contribution in [0.25, 0.3) is 0 Å². The molecule has 0 saturated carbocycles. The number of methoxy groups -OCH3 is 1. The number of aliphatic carboxylic acids is 1. The van der Waals surface area contributed by atoms with Gasteiger partial charge in [-0.2, -0.15) is 4.31 Å². The Morgan fingerprint density at radius 2 is 2.05 bits per heavy atom. The Morgan fingerprint density at radius 3 is 2.62 bits per heavy atom. The molecule has 7 heteroatoms. The average Bonchev–Trinajstić information content (AvgIpc) is 2.86. The summed E-state index contributed by atoms with van der Waals surface area (Å²) in [5.41, 5.74) is 1.42. The number of hydrogen-bond acceptors (Lipinski definition) is 4. The van der Waals surface area contributed by atoms with Crippen LogP contribution in [-0.2, 0) is 19.6 Å². The maximum Gasteiger partial charge on any atom is 0.322 e. The molecule has 0 spiro atoms. The molecular weight excluding hydrogens is 294 g/mol. The van der Waals surface area contributed by atoms with E-state index in [2.05, 4.69) is 0 Å². The lowest BCUT2D eigenvalue weighted by Gasteiger charge is -2.22. The molecule has 1 aliphatic rings. The van der Waals surface area contributed by atoms with Gasteiger partial charge < -0.3 is 9.84 Å². The molecule has 116 valence electrons. The van der Waals surface area contributed by atoms with Gasteiger partial charge in [0.15, 0.2) is 0 Å². The summed E-state index contributed by atoms with van der Waals surface area (Å²) in [7, 11) is -2.40. The van der Waals surface area contributed by atoms with Crippen molar-refractivity contribution in [3.05, 3.63) is 29.3 Å². The fourth-order valence-corrected chi connectivity index (χ4v) is 4.48. The third kappa shape index (κ3) is 2.95. The van der Waals surface area contributed by atoms with Gasteiger partial charge in [0.25, 0.3) is 0 Å². The number of aryl methyl sites for hydroxylation is 2. The van der Waals surface area contributed by atoms with Gasteiger partial charge in [0, 0.05) is 20.1 Å². The van der Waals surface area contributed by atoms with Crippen molar-refractivity contribution >= 4 is 16.0 Å². The lowest BCUT2D eigenvalue weighted by Crippen LogP contribution is -2.40. The smallest absolute Gasteiger partial charge is 0.322 e. The lowest BCUT2D eigenvalue weighted by molar-refractivity contribution is -0.140. The summed E-state index contributed by atoms with van der Waals surface area (Å²) in [4.78, 5) is 11.5. The van der Waals surface area contributed by atoms with E-state index in [0.29, 0.717) is 5.56 Å². The van der Waals surface area contributed by atoms with Crippen LogP contribution < -0.4 is 0 Å². The second-order valence-corrected chi connectivity index (χ2v) is 7.15. The molecule has 2 atom stereocenters. The molecule has 1 aromatic rings. The molecule has 1 fully saturated rings. The standard InChI is InChI=1S/C14H19NO5S/c1-9-4-5-10(2)13(6-9)21(18,19)15-8-11(20-3)7-12(15)14(16)17/h4-6,11-12H,7-8H2,1-3H3,(H,16,17). The Kier molecular flexibility index (Phi) is 4.36. The molecule has 2 rings (SSSR count). The first-order chi connectivity index (χ1) is 9.77. The van der Waals surface area contributed by atoms with Gasteiger partial charge in [-0.25, -0.2) is 8.42 Å². The zero-order valence-electron chi connectivity index (χ0n) is 12.2. The Hall–Kier alpha value is -1.44. The van der Waals surface area contributed by atoms with Gasteiger partial charge >= 0.3 is 5.97 Å². The zero-order chi connectivity index (χ0) is 15.8. The van der Waals surface area contributed by atoms with E-state index in [1.807, 2.05) is 6.07 Å². The number of ether oxygens (including phenoxy) is 1. The number of nitrogens with zero attached hydrogens (tertiary/aromatic N) is 1. The monoisotopic (exact) mass is 313 g/mol. The number of benzene rings is 1. The molecule has 0 radical (unpaired) electrons. The van der Waals surface area contributed by atoms with E-state index in [1.165, 1.54) is 7.11 Å². The second kappa shape index (κ2) is 5.75. The van der Waals surface area contributed by atoms with E-state index in [4.69, 9.17) is 4.74 Å². The third-order valence-corrected chi connectivity index (χ3v) is 5.78. The first-order valence-corrected chi connectivity index (χ1v) is 8.06. The maximum atomic E-state index is 12.8. The van der Waals surface area contributed by atoms with Crippen molar-refractivity contribution in [2.45, 2.75) is 37.3 Å². The van der Waals surface area contributed by atoms with E-state index in [9.17, 15) is 18.3 Å². The highest BCUT2D eigenvalue weighted by Crippen LogP contribution is 2.29. The predicted molar refractivity (Wildman–Crippen MR) is 76.6 cm³/mol. The number of carbonyl (C=O) groups is 1. The van der Waals surface area contributed by atoms with Crippen molar-refractivity contribution in [2.75, 3.05) is 13.7 Å². The normalized spacial score (nSPS) is 23.4. The summed E-state index contributed by atoms with van der Waals surface area (Å²) in [5, 5.41) is 9.27. The molecule has 6 nitrogen and oxygen atoms in total. The molecule has 1 saturated heterocycles. The summed E-state index contributed by atoms with van der Waals surface area (Å²) < 4.78 is 31.8. The molecule has 1 aliphatic heterocycles. The van der Waals surface area contributed by atoms with Crippen molar-refractivity contribution in [1.82, 2.24) is 4.31 Å². The Bertz CT molecular complexity index is 655. The topological polar surface area (TPSA) is 83.9 Å². The molecule has 1 N–H and O–H groups in total. The number of carboxylic acids is 1. The summed E-state index contributed by atoms with van der Waals surface area (Å²) in [6, 6.07) is 4.04. The van der Waals surface area contributed by atoms with E-state index in [1.54, 1.807) is 26.0 Å². The lowest BCUT2D eigenvalue weighted by atomic mass is 10.2. The zero-order valence-corrected chi connectivity index (χ0v) is 13.1. The number of hydrogen-bond donors (Lipinski definition) is 1. The molecule has 0 amide bonds. The number of sulfonamides is 1. The quantitative estimate of drug-likeness (QED) is 0.902. The summed E-state index contributed by atoms with van der Waals surface area (Å²) in [6.45, 7) is 3.56.